The van der Waals surface area contributed by atoms with Gasteiger partial charge in [0.15, 0.2) is 0 Å². The summed E-state index contributed by atoms with van der Waals surface area (Å²) in [5.74, 6) is 2.25. The molecule has 2 aromatic carbocycles. The number of rotatable bonds is 12. The van der Waals surface area contributed by atoms with E-state index >= 15 is 0 Å². The van der Waals surface area contributed by atoms with Crippen LogP contribution in [0.5, 0.6) is 17.2 Å². The van der Waals surface area contributed by atoms with E-state index in [2.05, 4.69) is 24.1 Å². The lowest BCUT2D eigenvalue weighted by atomic mass is 10.0. The van der Waals surface area contributed by atoms with Gasteiger partial charge in [-0.1, -0.05) is 19.1 Å². The minimum Gasteiger partial charge on any atom is -0.496 e. The van der Waals surface area contributed by atoms with Crippen LogP contribution in [0, 0.1) is 12.8 Å². The van der Waals surface area contributed by atoms with Crippen molar-refractivity contribution in [2.24, 2.45) is 5.92 Å². The molecule has 0 amide bonds. The molecule has 0 spiro atoms. The summed E-state index contributed by atoms with van der Waals surface area (Å²) in [6.45, 7) is 5.82. The molecule has 0 aliphatic carbocycles. The van der Waals surface area contributed by atoms with Crippen molar-refractivity contribution in [3.05, 3.63) is 69.2 Å². The Kier molecular flexibility index (Phi) is 9.40. The Labute approximate surface area is 208 Å². The van der Waals surface area contributed by atoms with E-state index in [1.807, 2.05) is 6.20 Å². The van der Waals surface area contributed by atoms with Gasteiger partial charge in [0.1, 0.15) is 23.9 Å². The number of hydrogen-bond donors (Lipinski definition) is 1. The first-order chi connectivity index (χ1) is 16.7. The number of halogens is 3. The number of nitrogens with one attached hydrogen (secondary N) is 1. The van der Waals surface area contributed by atoms with Crippen molar-refractivity contribution >= 4 is 11.3 Å². The molecule has 0 saturated carbocycles. The molecule has 1 atom stereocenters. The maximum absolute atomic E-state index is 12.7. The number of nitrogens with zero attached hydrogens (tertiary/aromatic N) is 1. The van der Waals surface area contributed by atoms with Gasteiger partial charge in [-0.15, -0.1) is 11.3 Å². The highest BCUT2D eigenvalue weighted by molar-refractivity contribution is 7.11. The quantitative estimate of drug-likeness (QED) is 0.286. The van der Waals surface area contributed by atoms with Crippen molar-refractivity contribution in [2.45, 2.75) is 46.0 Å². The summed E-state index contributed by atoms with van der Waals surface area (Å²) in [4.78, 5) is 5.67. The molecule has 9 heteroatoms. The molecule has 0 bridgehead atoms. The lowest BCUT2D eigenvalue weighted by molar-refractivity contribution is -0.137. The molecule has 1 aromatic heterocycles. The molecule has 0 aliphatic rings. The van der Waals surface area contributed by atoms with Crippen LogP contribution in [0.1, 0.15) is 39.9 Å². The highest BCUT2D eigenvalue weighted by atomic mass is 32.1. The second-order valence-electron chi connectivity index (χ2n) is 8.43. The Morgan fingerprint density at radius 1 is 1.06 bits per heavy atom. The molecule has 1 heterocycles. The number of aromatic nitrogens is 1. The number of aryl methyl sites for hydroxylation is 1. The molecule has 0 radical (unpaired) electrons. The molecule has 0 saturated heterocycles. The van der Waals surface area contributed by atoms with Crippen LogP contribution < -0.4 is 19.5 Å². The van der Waals surface area contributed by atoms with Gasteiger partial charge in [-0.3, -0.25) is 0 Å². The molecule has 1 unspecified atom stereocenters. The van der Waals surface area contributed by atoms with Crippen molar-refractivity contribution in [2.75, 3.05) is 20.8 Å². The zero-order valence-corrected chi connectivity index (χ0v) is 21.2. The standard InChI is InChI=1S/C26H31F3N2O3S/c1-17(11-25-31-14-18(2)35-25)9-10-30-15-22-23(32-3)12-21(13-24(22)33-4)34-16-19-5-7-20(8-6-19)26(27,28)29/h5-8,12-14,17,30H,9-11,15-16H2,1-4H3. The zero-order chi connectivity index (χ0) is 25.4. The molecule has 0 aliphatic heterocycles. The number of alkyl halides is 3. The van der Waals surface area contributed by atoms with Crippen LogP contribution in [0.3, 0.4) is 0 Å². The Balaban J connectivity index is 1.56. The zero-order valence-electron chi connectivity index (χ0n) is 20.4. The molecule has 35 heavy (non-hydrogen) atoms. The van der Waals surface area contributed by atoms with Crippen LogP contribution >= 0.6 is 11.3 Å². The first-order valence-electron chi connectivity index (χ1n) is 11.4. The summed E-state index contributed by atoms with van der Waals surface area (Å²) in [7, 11) is 3.16. The third-order valence-corrected chi connectivity index (χ3v) is 6.51. The smallest absolute Gasteiger partial charge is 0.416 e. The van der Waals surface area contributed by atoms with Gasteiger partial charge in [-0.25, -0.2) is 4.98 Å². The normalized spacial score (nSPS) is 12.4. The van der Waals surface area contributed by atoms with E-state index in [1.54, 1.807) is 37.7 Å². The number of ether oxygens (including phenoxy) is 3. The van der Waals surface area contributed by atoms with Gasteiger partial charge in [0.05, 0.1) is 30.4 Å². The van der Waals surface area contributed by atoms with Crippen molar-refractivity contribution in [1.29, 1.82) is 0 Å². The highest BCUT2D eigenvalue weighted by Gasteiger charge is 2.29. The first kappa shape index (κ1) is 26.8. The molecule has 5 nitrogen and oxygen atoms in total. The third-order valence-electron chi connectivity index (χ3n) is 5.58. The summed E-state index contributed by atoms with van der Waals surface area (Å²) in [5, 5.41) is 4.63. The second kappa shape index (κ2) is 12.3. The molecule has 3 aromatic rings. The minimum absolute atomic E-state index is 0.124. The van der Waals surface area contributed by atoms with Crippen molar-refractivity contribution in [1.82, 2.24) is 10.3 Å². The van der Waals surface area contributed by atoms with Crippen molar-refractivity contribution in [3.8, 4) is 17.2 Å². The van der Waals surface area contributed by atoms with Gasteiger partial charge in [0.2, 0.25) is 0 Å². The number of thiazole rings is 1. The largest absolute Gasteiger partial charge is 0.496 e. The van der Waals surface area contributed by atoms with Gasteiger partial charge >= 0.3 is 6.18 Å². The summed E-state index contributed by atoms with van der Waals surface area (Å²) >= 11 is 1.75. The molecular weight excluding hydrogens is 477 g/mol. The van der Waals surface area contributed by atoms with Crippen LogP contribution in [0.15, 0.2) is 42.6 Å². The lowest BCUT2D eigenvalue weighted by Gasteiger charge is -2.17. The monoisotopic (exact) mass is 508 g/mol. The van der Waals surface area contributed by atoms with E-state index in [0.717, 1.165) is 37.1 Å². The number of hydrogen-bond acceptors (Lipinski definition) is 6. The fourth-order valence-electron chi connectivity index (χ4n) is 3.63. The minimum atomic E-state index is -4.36. The van der Waals surface area contributed by atoms with Crippen LogP contribution in [0.25, 0.3) is 0 Å². The van der Waals surface area contributed by atoms with Crippen molar-refractivity contribution < 1.29 is 27.4 Å². The highest BCUT2D eigenvalue weighted by Crippen LogP contribution is 2.35. The SMILES string of the molecule is COc1cc(OCc2ccc(C(F)(F)F)cc2)cc(OC)c1CNCCC(C)Cc1ncc(C)s1. The van der Waals surface area contributed by atoms with Crippen LogP contribution in [0.4, 0.5) is 13.2 Å². The topological polar surface area (TPSA) is 52.6 Å². The summed E-state index contributed by atoms with van der Waals surface area (Å²) < 4.78 is 55.2. The van der Waals surface area contributed by atoms with Gasteiger partial charge in [-0.05, 0) is 43.5 Å². The van der Waals surface area contributed by atoms with Crippen LogP contribution in [-0.2, 0) is 25.7 Å². The summed E-state index contributed by atoms with van der Waals surface area (Å²) in [6, 6.07) is 8.44. The second-order valence-corrected chi connectivity index (χ2v) is 9.75. The van der Waals surface area contributed by atoms with E-state index in [0.29, 0.717) is 35.3 Å². The fraction of sp³-hybridized carbons (Fsp3) is 0.423. The van der Waals surface area contributed by atoms with E-state index in [1.165, 1.54) is 22.0 Å². The molecular formula is C26H31F3N2O3S. The third kappa shape index (κ3) is 7.86. The Bertz CT molecular complexity index is 1060. The van der Waals surface area contributed by atoms with E-state index in [4.69, 9.17) is 14.2 Å². The fourth-order valence-corrected chi connectivity index (χ4v) is 4.58. The van der Waals surface area contributed by atoms with E-state index in [-0.39, 0.29) is 6.61 Å². The van der Waals surface area contributed by atoms with Gasteiger partial charge in [0.25, 0.3) is 0 Å². The molecule has 190 valence electrons. The van der Waals surface area contributed by atoms with Gasteiger partial charge in [0, 0.05) is 36.2 Å². The van der Waals surface area contributed by atoms with E-state index in [9.17, 15) is 13.2 Å². The lowest BCUT2D eigenvalue weighted by Crippen LogP contribution is -2.18. The maximum Gasteiger partial charge on any atom is 0.416 e. The summed E-state index contributed by atoms with van der Waals surface area (Å²) in [5.41, 5.74) is 0.818. The Morgan fingerprint density at radius 3 is 2.26 bits per heavy atom. The average molecular weight is 509 g/mol. The van der Waals surface area contributed by atoms with Gasteiger partial charge < -0.3 is 19.5 Å². The molecule has 3 rings (SSSR count). The Hall–Kier alpha value is -2.78. The van der Waals surface area contributed by atoms with E-state index < -0.39 is 11.7 Å². The molecule has 1 N–H and O–H groups in total. The predicted octanol–water partition coefficient (Wildman–Crippen LogP) is 6.43. The number of methoxy groups -OCH3 is 2. The number of benzene rings is 2. The first-order valence-corrected chi connectivity index (χ1v) is 12.2. The van der Waals surface area contributed by atoms with Crippen molar-refractivity contribution in [3.63, 3.8) is 0 Å². The van der Waals surface area contributed by atoms with Crippen LogP contribution in [0.2, 0.25) is 0 Å². The van der Waals surface area contributed by atoms with Crippen LogP contribution in [-0.4, -0.2) is 25.7 Å². The molecule has 0 fully saturated rings. The Morgan fingerprint density at radius 2 is 1.71 bits per heavy atom. The summed E-state index contributed by atoms with van der Waals surface area (Å²) in [6.07, 6.45) is -0.460. The van der Waals surface area contributed by atoms with Gasteiger partial charge in [-0.2, -0.15) is 13.2 Å². The maximum atomic E-state index is 12.7. The predicted molar refractivity (Wildman–Crippen MR) is 131 cm³/mol. The average Bonchev–Trinajstić information content (AvgIpc) is 3.24.